The molecule has 16 heavy (non-hydrogen) atoms. The van der Waals surface area contributed by atoms with Gasteiger partial charge in [-0.15, -0.1) is 0 Å². The van der Waals surface area contributed by atoms with Gasteiger partial charge in [0.15, 0.2) is 0 Å². The minimum atomic E-state index is -0.0434. The highest BCUT2D eigenvalue weighted by molar-refractivity contribution is 5.04. The normalized spacial score (nSPS) is 20.6. The molecule has 3 heteroatoms. The second-order valence-electron chi connectivity index (χ2n) is 4.61. The first-order valence-corrected chi connectivity index (χ1v) is 6.30. The van der Waals surface area contributed by atoms with Crippen molar-refractivity contribution in [2.24, 2.45) is 0 Å². The van der Waals surface area contributed by atoms with Crippen LogP contribution in [0.5, 0.6) is 0 Å². The number of aliphatic hydroxyl groups is 1. The van der Waals surface area contributed by atoms with E-state index >= 15 is 0 Å². The molecule has 0 spiro atoms. The maximum absolute atomic E-state index is 9.38. The van der Waals surface area contributed by atoms with E-state index in [9.17, 15) is 5.11 Å². The summed E-state index contributed by atoms with van der Waals surface area (Å²) in [4.78, 5) is 0. The quantitative estimate of drug-likeness (QED) is 0.771. The van der Waals surface area contributed by atoms with E-state index in [0.717, 1.165) is 5.76 Å². The number of aliphatic hydroxyl groups excluding tert-OH is 1. The van der Waals surface area contributed by atoms with Gasteiger partial charge in [-0.25, -0.2) is 0 Å². The molecule has 90 valence electrons. The number of hydrogen-bond acceptors (Lipinski definition) is 3. The summed E-state index contributed by atoms with van der Waals surface area (Å²) in [5.41, 5.74) is 0. The van der Waals surface area contributed by atoms with Gasteiger partial charge in [0.05, 0.1) is 18.9 Å². The van der Waals surface area contributed by atoms with Gasteiger partial charge in [0, 0.05) is 6.04 Å². The first-order chi connectivity index (χ1) is 7.90. The summed E-state index contributed by atoms with van der Waals surface area (Å²) >= 11 is 0. The molecule has 2 N–H and O–H groups in total. The number of hydrogen-bond donors (Lipinski definition) is 2. The summed E-state index contributed by atoms with van der Waals surface area (Å²) in [6.45, 7) is 0.101. The summed E-state index contributed by atoms with van der Waals surface area (Å²) < 4.78 is 5.34. The van der Waals surface area contributed by atoms with E-state index in [1.54, 1.807) is 6.26 Å². The van der Waals surface area contributed by atoms with Crippen LogP contribution >= 0.6 is 0 Å². The lowest BCUT2D eigenvalue weighted by Crippen LogP contribution is -2.34. The van der Waals surface area contributed by atoms with Crippen molar-refractivity contribution in [1.82, 2.24) is 5.32 Å². The smallest absolute Gasteiger partial charge is 0.123 e. The van der Waals surface area contributed by atoms with E-state index in [2.05, 4.69) is 5.32 Å². The molecular weight excluding hydrogens is 202 g/mol. The molecule has 1 saturated carbocycles. The zero-order chi connectivity index (χ0) is 11.2. The van der Waals surface area contributed by atoms with E-state index in [1.165, 1.54) is 38.5 Å². The molecule has 1 atom stereocenters. The number of nitrogens with one attached hydrogen (secondary N) is 1. The van der Waals surface area contributed by atoms with Gasteiger partial charge in [-0.2, -0.15) is 0 Å². The van der Waals surface area contributed by atoms with Crippen LogP contribution in [-0.4, -0.2) is 17.8 Å². The van der Waals surface area contributed by atoms with Gasteiger partial charge in [-0.3, -0.25) is 0 Å². The fourth-order valence-corrected chi connectivity index (χ4v) is 2.44. The van der Waals surface area contributed by atoms with Crippen molar-refractivity contribution in [3.63, 3.8) is 0 Å². The monoisotopic (exact) mass is 223 g/mol. The second kappa shape index (κ2) is 6.06. The molecule has 1 fully saturated rings. The molecule has 1 aromatic rings. The van der Waals surface area contributed by atoms with E-state index in [0.29, 0.717) is 6.04 Å². The molecule has 2 rings (SSSR count). The van der Waals surface area contributed by atoms with E-state index in [4.69, 9.17) is 4.42 Å². The van der Waals surface area contributed by atoms with Gasteiger partial charge in [-0.05, 0) is 25.0 Å². The molecular formula is C13H21NO2. The van der Waals surface area contributed by atoms with Crippen LogP contribution < -0.4 is 5.32 Å². The summed E-state index contributed by atoms with van der Waals surface area (Å²) in [7, 11) is 0. The van der Waals surface area contributed by atoms with Crippen molar-refractivity contribution < 1.29 is 9.52 Å². The van der Waals surface area contributed by atoms with Gasteiger partial charge in [0.25, 0.3) is 0 Å². The fourth-order valence-electron chi connectivity index (χ4n) is 2.44. The number of furan rings is 1. The average Bonchev–Trinajstić information content (AvgIpc) is 2.71. The Morgan fingerprint density at radius 3 is 2.62 bits per heavy atom. The highest BCUT2D eigenvalue weighted by Crippen LogP contribution is 2.21. The van der Waals surface area contributed by atoms with Crippen LogP contribution in [0, 0.1) is 0 Å². The van der Waals surface area contributed by atoms with Crippen LogP contribution in [0.25, 0.3) is 0 Å². The van der Waals surface area contributed by atoms with Crippen LogP contribution in [0.3, 0.4) is 0 Å². The minimum absolute atomic E-state index is 0.0434. The molecule has 1 aliphatic rings. The van der Waals surface area contributed by atoms with Gasteiger partial charge in [-0.1, -0.05) is 25.7 Å². The third-order valence-electron chi connectivity index (χ3n) is 3.36. The van der Waals surface area contributed by atoms with E-state index in [1.807, 2.05) is 12.1 Å². The lowest BCUT2D eigenvalue weighted by atomic mass is 10.1. The predicted molar refractivity (Wildman–Crippen MR) is 63.2 cm³/mol. The van der Waals surface area contributed by atoms with Crippen LogP contribution in [0.4, 0.5) is 0 Å². The Bertz CT molecular complexity index is 276. The molecule has 1 unspecified atom stereocenters. The largest absolute Gasteiger partial charge is 0.468 e. The van der Waals surface area contributed by atoms with Crippen molar-refractivity contribution in [2.45, 2.75) is 50.6 Å². The average molecular weight is 223 g/mol. The van der Waals surface area contributed by atoms with Crippen molar-refractivity contribution >= 4 is 0 Å². The molecule has 1 heterocycles. The summed E-state index contributed by atoms with van der Waals surface area (Å²) in [6.07, 6.45) is 9.40. The van der Waals surface area contributed by atoms with Crippen LogP contribution in [0.1, 0.15) is 50.3 Å². The maximum Gasteiger partial charge on any atom is 0.123 e. The first kappa shape index (κ1) is 11.7. The Kier molecular flexibility index (Phi) is 4.43. The Balaban J connectivity index is 1.90. The Morgan fingerprint density at radius 1 is 1.31 bits per heavy atom. The van der Waals surface area contributed by atoms with Crippen molar-refractivity contribution in [1.29, 1.82) is 0 Å². The van der Waals surface area contributed by atoms with Crippen molar-refractivity contribution in [3.05, 3.63) is 24.2 Å². The molecule has 0 aromatic carbocycles. The van der Waals surface area contributed by atoms with E-state index in [-0.39, 0.29) is 12.6 Å². The molecule has 0 radical (unpaired) electrons. The van der Waals surface area contributed by atoms with Crippen molar-refractivity contribution in [2.75, 3.05) is 6.61 Å². The molecule has 3 nitrogen and oxygen atoms in total. The van der Waals surface area contributed by atoms with Crippen molar-refractivity contribution in [3.8, 4) is 0 Å². The summed E-state index contributed by atoms with van der Waals surface area (Å²) in [6, 6.07) is 4.28. The lowest BCUT2D eigenvalue weighted by molar-refractivity contribution is 0.210. The minimum Gasteiger partial charge on any atom is -0.468 e. The summed E-state index contributed by atoms with van der Waals surface area (Å²) in [5.74, 6) is 0.840. The highest BCUT2D eigenvalue weighted by Gasteiger charge is 2.19. The van der Waals surface area contributed by atoms with Crippen LogP contribution in [0.15, 0.2) is 22.8 Å². The highest BCUT2D eigenvalue weighted by atomic mass is 16.3. The molecule has 0 bridgehead atoms. The van der Waals surface area contributed by atoms with Crippen LogP contribution in [-0.2, 0) is 0 Å². The standard InChI is InChI=1S/C13H21NO2/c15-10-12(13-8-5-9-16-13)14-11-6-3-1-2-4-7-11/h5,8-9,11-12,14-15H,1-4,6-7,10H2. The molecule has 0 saturated heterocycles. The first-order valence-electron chi connectivity index (χ1n) is 6.30. The molecule has 1 aliphatic carbocycles. The van der Waals surface area contributed by atoms with Gasteiger partial charge in [0.1, 0.15) is 5.76 Å². The molecule has 0 amide bonds. The fraction of sp³-hybridized carbons (Fsp3) is 0.692. The van der Waals surface area contributed by atoms with Gasteiger partial charge >= 0.3 is 0 Å². The Morgan fingerprint density at radius 2 is 2.06 bits per heavy atom. The zero-order valence-corrected chi connectivity index (χ0v) is 9.69. The zero-order valence-electron chi connectivity index (χ0n) is 9.69. The molecule has 1 aromatic heterocycles. The maximum atomic E-state index is 9.38. The predicted octanol–water partition coefficient (Wildman–Crippen LogP) is 2.63. The molecule has 0 aliphatic heterocycles. The topological polar surface area (TPSA) is 45.4 Å². The van der Waals surface area contributed by atoms with Gasteiger partial charge < -0.3 is 14.8 Å². The Labute approximate surface area is 96.8 Å². The third kappa shape index (κ3) is 3.09. The SMILES string of the molecule is OCC(NC1CCCCCC1)c1ccco1. The van der Waals surface area contributed by atoms with E-state index < -0.39 is 0 Å². The summed E-state index contributed by atoms with van der Waals surface area (Å²) in [5, 5.41) is 12.9. The van der Waals surface area contributed by atoms with Gasteiger partial charge in [0.2, 0.25) is 0 Å². The Hall–Kier alpha value is -0.800. The lowest BCUT2D eigenvalue weighted by Gasteiger charge is -2.22. The number of rotatable bonds is 4. The third-order valence-corrected chi connectivity index (χ3v) is 3.36. The second-order valence-corrected chi connectivity index (χ2v) is 4.61. The van der Waals surface area contributed by atoms with Crippen LogP contribution in [0.2, 0.25) is 0 Å².